The van der Waals surface area contributed by atoms with Gasteiger partial charge in [-0.1, -0.05) is 36.1 Å². The monoisotopic (exact) mass is 455 g/mol. The smallest absolute Gasteiger partial charge is 0.271 e. The van der Waals surface area contributed by atoms with Crippen LogP contribution in [0.1, 0.15) is 27.0 Å². The second kappa shape index (κ2) is 8.75. The van der Waals surface area contributed by atoms with Gasteiger partial charge in [0, 0.05) is 7.05 Å². The number of aromatic hydroxyl groups is 1. The first kappa shape index (κ1) is 22.3. The maximum atomic E-state index is 12.9. The van der Waals surface area contributed by atoms with Crippen molar-refractivity contribution >= 4 is 46.1 Å². The molecule has 0 saturated carbocycles. The Labute approximate surface area is 187 Å². The predicted molar refractivity (Wildman–Crippen MR) is 120 cm³/mol. The van der Waals surface area contributed by atoms with Crippen LogP contribution in [-0.4, -0.2) is 44.2 Å². The van der Waals surface area contributed by atoms with Crippen LogP contribution in [-0.2, 0) is 11.8 Å². The average Bonchev–Trinajstić information content (AvgIpc) is 3.00. The van der Waals surface area contributed by atoms with E-state index >= 15 is 0 Å². The SMILES string of the molecule is COc1ccc(/C=C2\SC(=S)N(CC(=O)c3c(C)c(C#N)c(=O)n(C)c3O)C2=O)cc1. The molecule has 158 valence electrons. The summed E-state index contributed by atoms with van der Waals surface area (Å²) in [6.45, 7) is 0.975. The van der Waals surface area contributed by atoms with Crippen molar-refractivity contribution in [2.75, 3.05) is 13.7 Å². The van der Waals surface area contributed by atoms with Crippen LogP contribution >= 0.6 is 24.0 Å². The maximum absolute atomic E-state index is 12.9. The lowest BCUT2D eigenvalue weighted by atomic mass is 10.0. The number of thioether (sulfide) groups is 1. The number of nitrogens with zero attached hydrogens (tertiary/aromatic N) is 3. The van der Waals surface area contributed by atoms with Crippen LogP contribution < -0.4 is 10.3 Å². The zero-order valence-electron chi connectivity index (χ0n) is 16.8. The highest BCUT2D eigenvalue weighted by molar-refractivity contribution is 8.26. The van der Waals surface area contributed by atoms with Gasteiger partial charge in [-0.15, -0.1) is 0 Å². The molecule has 1 amide bonds. The molecule has 10 heteroatoms. The number of ketones is 1. The minimum Gasteiger partial charge on any atom is -0.497 e. The summed E-state index contributed by atoms with van der Waals surface area (Å²) in [4.78, 5) is 39.3. The first-order chi connectivity index (χ1) is 14.7. The van der Waals surface area contributed by atoms with Crippen LogP contribution in [0, 0.1) is 18.3 Å². The number of rotatable bonds is 5. The van der Waals surface area contributed by atoms with Gasteiger partial charge in [0.05, 0.1) is 24.1 Å². The Bertz CT molecular complexity index is 1240. The van der Waals surface area contributed by atoms with E-state index in [9.17, 15) is 24.8 Å². The lowest BCUT2D eigenvalue weighted by molar-refractivity contribution is -0.121. The Morgan fingerprint density at radius 1 is 1.32 bits per heavy atom. The Kier molecular flexibility index (Phi) is 6.29. The fraction of sp³-hybridized carbons (Fsp3) is 0.190. The summed E-state index contributed by atoms with van der Waals surface area (Å²) in [6.07, 6.45) is 1.66. The van der Waals surface area contributed by atoms with Gasteiger partial charge in [0.25, 0.3) is 11.5 Å². The van der Waals surface area contributed by atoms with Gasteiger partial charge in [-0.2, -0.15) is 5.26 Å². The second-order valence-corrected chi connectivity index (χ2v) is 8.31. The van der Waals surface area contributed by atoms with Crippen molar-refractivity contribution in [3.8, 4) is 17.7 Å². The van der Waals surface area contributed by atoms with E-state index in [1.165, 1.54) is 14.0 Å². The number of amides is 1. The summed E-state index contributed by atoms with van der Waals surface area (Å²) in [5.74, 6) is -0.962. The Balaban J connectivity index is 1.89. The Morgan fingerprint density at radius 2 is 1.97 bits per heavy atom. The molecule has 2 heterocycles. The summed E-state index contributed by atoms with van der Waals surface area (Å²) >= 11 is 6.33. The molecule has 0 atom stereocenters. The largest absolute Gasteiger partial charge is 0.497 e. The molecule has 1 N–H and O–H groups in total. The van der Waals surface area contributed by atoms with Crippen LogP contribution in [0.5, 0.6) is 11.6 Å². The third-order valence-corrected chi connectivity index (χ3v) is 6.17. The van der Waals surface area contributed by atoms with Gasteiger partial charge in [0.15, 0.2) is 5.78 Å². The topological polar surface area (TPSA) is 113 Å². The van der Waals surface area contributed by atoms with Crippen molar-refractivity contribution in [2.45, 2.75) is 6.92 Å². The van der Waals surface area contributed by atoms with Gasteiger partial charge >= 0.3 is 0 Å². The third-order valence-electron chi connectivity index (χ3n) is 4.79. The van der Waals surface area contributed by atoms with Gasteiger partial charge < -0.3 is 9.84 Å². The number of carbonyl (C=O) groups is 2. The molecule has 1 saturated heterocycles. The van der Waals surface area contributed by atoms with Crippen molar-refractivity contribution in [3.05, 3.63) is 61.8 Å². The van der Waals surface area contributed by atoms with Crippen molar-refractivity contribution in [2.24, 2.45) is 7.05 Å². The average molecular weight is 456 g/mol. The highest BCUT2D eigenvalue weighted by atomic mass is 32.2. The molecule has 0 aliphatic carbocycles. The van der Waals surface area contributed by atoms with Gasteiger partial charge in [-0.25, -0.2) is 0 Å². The number of benzene rings is 1. The summed E-state index contributed by atoms with van der Waals surface area (Å²) in [7, 11) is 2.81. The first-order valence-corrected chi connectivity index (χ1v) is 10.2. The molecular formula is C21H17N3O5S2. The number of methoxy groups -OCH3 is 1. The van der Waals surface area contributed by atoms with E-state index in [2.05, 4.69) is 0 Å². The summed E-state index contributed by atoms with van der Waals surface area (Å²) in [5, 5.41) is 19.6. The summed E-state index contributed by atoms with van der Waals surface area (Å²) in [6, 6.07) is 8.84. The molecule has 0 unspecified atom stereocenters. The number of Topliss-reactive ketones (excluding diaryl/α,β-unsaturated/α-hetero) is 1. The van der Waals surface area contributed by atoms with Gasteiger partial charge in [-0.05, 0) is 36.3 Å². The third kappa shape index (κ3) is 4.10. The minimum atomic E-state index is -0.706. The minimum absolute atomic E-state index is 0.0623. The lowest BCUT2D eigenvalue weighted by Gasteiger charge is -2.16. The normalized spacial score (nSPS) is 14.8. The molecule has 1 aliphatic heterocycles. The number of pyridine rings is 1. The molecule has 1 aliphatic rings. The fourth-order valence-corrected chi connectivity index (χ4v) is 4.32. The number of carbonyl (C=O) groups excluding carboxylic acids is 2. The van der Waals surface area contributed by atoms with E-state index in [0.717, 1.165) is 26.8 Å². The molecule has 31 heavy (non-hydrogen) atoms. The Hall–Kier alpha value is -3.42. The van der Waals surface area contributed by atoms with E-state index < -0.39 is 29.7 Å². The fourth-order valence-electron chi connectivity index (χ4n) is 3.06. The molecule has 2 aromatic rings. The molecule has 0 bridgehead atoms. The van der Waals surface area contributed by atoms with Crippen molar-refractivity contribution in [3.63, 3.8) is 0 Å². The number of hydrogen-bond donors (Lipinski definition) is 1. The van der Waals surface area contributed by atoms with E-state index in [0.29, 0.717) is 10.7 Å². The van der Waals surface area contributed by atoms with Crippen LogP contribution in [0.4, 0.5) is 0 Å². The van der Waals surface area contributed by atoms with Crippen molar-refractivity contribution in [1.29, 1.82) is 5.26 Å². The van der Waals surface area contributed by atoms with Crippen LogP contribution in [0.2, 0.25) is 0 Å². The lowest BCUT2D eigenvalue weighted by Crippen LogP contribution is -2.35. The van der Waals surface area contributed by atoms with E-state index in [-0.39, 0.29) is 21.0 Å². The first-order valence-electron chi connectivity index (χ1n) is 8.94. The Morgan fingerprint density at radius 3 is 2.55 bits per heavy atom. The highest BCUT2D eigenvalue weighted by Crippen LogP contribution is 2.33. The van der Waals surface area contributed by atoms with Crippen LogP contribution in [0.15, 0.2) is 34.0 Å². The van der Waals surface area contributed by atoms with Gasteiger partial charge in [0.1, 0.15) is 21.7 Å². The quantitative estimate of drug-likeness (QED) is 0.415. The molecule has 1 fully saturated rings. The molecule has 0 spiro atoms. The molecule has 1 aromatic carbocycles. The second-order valence-electron chi connectivity index (χ2n) is 6.64. The number of thiocarbonyl (C=S) groups is 1. The molecule has 0 radical (unpaired) electrons. The molecule has 1 aromatic heterocycles. The number of nitriles is 1. The molecule has 3 rings (SSSR count). The zero-order valence-corrected chi connectivity index (χ0v) is 18.5. The van der Waals surface area contributed by atoms with Gasteiger partial charge in [-0.3, -0.25) is 23.9 Å². The summed E-state index contributed by atoms with van der Waals surface area (Å²) in [5.41, 5.74) is -0.312. The van der Waals surface area contributed by atoms with Crippen molar-refractivity contribution in [1.82, 2.24) is 9.47 Å². The van der Waals surface area contributed by atoms with Crippen LogP contribution in [0.3, 0.4) is 0 Å². The van der Waals surface area contributed by atoms with E-state index in [1.54, 1.807) is 43.5 Å². The predicted octanol–water partition coefficient (Wildman–Crippen LogP) is 2.36. The molecule has 8 nitrogen and oxygen atoms in total. The standard InChI is InChI=1S/C21H17N3O5S2/c1-11-14(9-22)18(26)23(2)20(28)17(11)15(25)10-24-19(27)16(31-21(24)30)8-12-4-6-13(29-3)7-5-12/h4-8,28H,10H2,1-3H3/b16-8-. The van der Waals surface area contributed by atoms with E-state index in [4.69, 9.17) is 17.0 Å². The number of aromatic nitrogens is 1. The zero-order chi connectivity index (χ0) is 22.9. The van der Waals surface area contributed by atoms with Crippen molar-refractivity contribution < 1.29 is 19.4 Å². The summed E-state index contributed by atoms with van der Waals surface area (Å²) < 4.78 is 6.13. The highest BCUT2D eigenvalue weighted by Gasteiger charge is 2.35. The van der Waals surface area contributed by atoms with Gasteiger partial charge in [0.2, 0.25) is 5.88 Å². The molecular weight excluding hydrogens is 438 g/mol. The maximum Gasteiger partial charge on any atom is 0.271 e. The number of hydrogen-bond acceptors (Lipinski definition) is 8. The van der Waals surface area contributed by atoms with E-state index in [1.807, 2.05) is 0 Å². The number of ether oxygens (including phenoxy) is 1. The van der Waals surface area contributed by atoms with Crippen LogP contribution in [0.25, 0.3) is 6.08 Å².